The summed E-state index contributed by atoms with van der Waals surface area (Å²) in [6.07, 6.45) is 0. The molecule has 9 aromatic rings. The molecule has 2 heteroatoms. The first-order chi connectivity index (χ1) is 27.3. The molecule has 0 bridgehead atoms. The quantitative estimate of drug-likeness (QED) is 0.170. The molecule has 0 N–H and O–H groups in total. The van der Waals surface area contributed by atoms with Gasteiger partial charge in [-0.25, -0.2) is 0 Å². The van der Waals surface area contributed by atoms with Gasteiger partial charge in [-0.3, -0.25) is 0 Å². The highest BCUT2D eigenvalue weighted by molar-refractivity contribution is 7.26. The first kappa shape index (κ1) is 33.1. The molecular weight excluding hydrogens is 695 g/mol. The molecule has 268 valence electrons. The van der Waals surface area contributed by atoms with E-state index >= 15 is 0 Å². The highest BCUT2D eigenvalue weighted by atomic mass is 32.1. The van der Waals surface area contributed by atoms with Crippen LogP contribution in [0.4, 0.5) is 17.1 Å². The highest BCUT2D eigenvalue weighted by Crippen LogP contribution is 2.55. The van der Waals surface area contributed by atoms with Crippen molar-refractivity contribution < 1.29 is 0 Å². The average molecular weight is 736 g/mol. The number of rotatable bonds is 5. The first-order valence-corrected chi connectivity index (χ1v) is 20.5. The lowest BCUT2D eigenvalue weighted by Crippen LogP contribution is -2.18. The summed E-state index contributed by atoms with van der Waals surface area (Å²) in [5, 5.41) is 2.65. The van der Waals surface area contributed by atoms with Gasteiger partial charge >= 0.3 is 0 Å². The molecule has 1 heterocycles. The van der Waals surface area contributed by atoms with Crippen LogP contribution in [0.2, 0.25) is 0 Å². The number of hydrogen-bond acceptors (Lipinski definition) is 2. The van der Waals surface area contributed by atoms with E-state index in [1.165, 1.54) is 92.6 Å². The fourth-order valence-electron chi connectivity index (χ4n) is 9.79. The van der Waals surface area contributed by atoms with Gasteiger partial charge in [0, 0.05) is 47.9 Å². The molecule has 0 atom stereocenters. The van der Waals surface area contributed by atoms with E-state index in [9.17, 15) is 0 Å². The van der Waals surface area contributed by atoms with Gasteiger partial charge in [0.2, 0.25) is 0 Å². The summed E-state index contributed by atoms with van der Waals surface area (Å²) in [6, 6.07) is 65.8. The third-order valence-corrected chi connectivity index (χ3v) is 13.9. The Balaban J connectivity index is 1.14. The monoisotopic (exact) mass is 735 g/mol. The summed E-state index contributed by atoms with van der Waals surface area (Å²) in [7, 11) is 0. The van der Waals surface area contributed by atoms with Crippen LogP contribution in [-0.2, 0) is 10.8 Å². The van der Waals surface area contributed by atoms with Gasteiger partial charge in [-0.15, -0.1) is 11.3 Å². The van der Waals surface area contributed by atoms with Crippen LogP contribution in [0, 0.1) is 0 Å². The van der Waals surface area contributed by atoms with Gasteiger partial charge in [-0.05, 0) is 104 Å². The highest BCUT2D eigenvalue weighted by Gasteiger charge is 2.38. The van der Waals surface area contributed by atoms with Crippen LogP contribution in [0.5, 0.6) is 0 Å². The van der Waals surface area contributed by atoms with E-state index in [1.54, 1.807) is 0 Å². The van der Waals surface area contributed by atoms with Crippen LogP contribution >= 0.6 is 11.3 Å². The van der Waals surface area contributed by atoms with Crippen molar-refractivity contribution in [2.45, 2.75) is 38.5 Å². The molecule has 56 heavy (non-hydrogen) atoms. The predicted octanol–water partition coefficient (Wildman–Crippen LogP) is 15.5. The van der Waals surface area contributed by atoms with Gasteiger partial charge in [0.15, 0.2) is 0 Å². The fraction of sp³-hybridized carbons (Fsp3) is 0.111. The van der Waals surface area contributed by atoms with E-state index in [4.69, 9.17) is 0 Å². The Bertz CT molecular complexity index is 3020. The molecule has 2 aliphatic carbocycles. The molecular formula is C54H41NS. The molecule has 0 aliphatic heterocycles. The summed E-state index contributed by atoms with van der Waals surface area (Å²) < 4.78 is 2.67. The summed E-state index contributed by atoms with van der Waals surface area (Å²) in [4.78, 5) is 2.52. The molecule has 0 saturated carbocycles. The van der Waals surface area contributed by atoms with Crippen LogP contribution in [-0.4, -0.2) is 0 Å². The van der Waals surface area contributed by atoms with Crippen LogP contribution in [0.25, 0.3) is 64.7 Å². The lowest BCUT2D eigenvalue weighted by Gasteiger charge is -2.31. The minimum absolute atomic E-state index is 0.121. The van der Waals surface area contributed by atoms with Crippen molar-refractivity contribution in [3.05, 3.63) is 198 Å². The summed E-state index contributed by atoms with van der Waals surface area (Å²) in [5.41, 5.74) is 19.0. The van der Waals surface area contributed by atoms with Gasteiger partial charge in [0.1, 0.15) is 0 Å². The maximum absolute atomic E-state index is 2.52. The smallest absolute Gasteiger partial charge is 0.0543 e. The molecule has 0 unspecified atom stereocenters. The van der Waals surface area contributed by atoms with Crippen molar-refractivity contribution in [2.75, 3.05) is 4.90 Å². The second-order valence-electron chi connectivity index (χ2n) is 16.5. The first-order valence-electron chi connectivity index (χ1n) is 19.7. The van der Waals surface area contributed by atoms with Gasteiger partial charge in [-0.2, -0.15) is 0 Å². The Morgan fingerprint density at radius 2 is 0.929 bits per heavy atom. The third-order valence-electron chi connectivity index (χ3n) is 12.7. The molecule has 0 fully saturated rings. The Morgan fingerprint density at radius 1 is 0.375 bits per heavy atom. The fourth-order valence-corrected chi connectivity index (χ4v) is 11.0. The van der Waals surface area contributed by atoms with Crippen LogP contribution in [0.3, 0.4) is 0 Å². The standard InChI is InChI=1S/C54H41NS/c1-53(2)46-22-11-8-17-39(46)41-30-29-37(31-48(41)53)55(36-27-25-35(26-28-36)38-20-14-21-43-42-19-10-13-24-51(42)56-52(38)43)50-33-49-45(32-44(50)34-15-6-5-7-16-34)40-18-9-12-23-47(40)54(49,3)4/h5-33H,1-4H3. The van der Waals surface area contributed by atoms with E-state index in [1.807, 2.05) is 11.3 Å². The van der Waals surface area contributed by atoms with Crippen LogP contribution in [0.15, 0.2) is 176 Å². The maximum atomic E-state index is 2.52. The number of anilines is 3. The second-order valence-corrected chi connectivity index (χ2v) is 17.6. The second kappa shape index (κ2) is 12.1. The zero-order chi connectivity index (χ0) is 37.8. The topological polar surface area (TPSA) is 3.24 Å². The molecule has 11 rings (SSSR count). The van der Waals surface area contributed by atoms with Gasteiger partial charge in [0.05, 0.1) is 5.69 Å². The molecule has 1 nitrogen and oxygen atoms in total. The van der Waals surface area contributed by atoms with Crippen molar-refractivity contribution in [2.24, 2.45) is 0 Å². The van der Waals surface area contributed by atoms with E-state index in [-0.39, 0.29) is 10.8 Å². The summed E-state index contributed by atoms with van der Waals surface area (Å²) in [6.45, 7) is 9.51. The molecule has 0 spiro atoms. The minimum atomic E-state index is -0.143. The number of benzene rings is 8. The Hall–Kier alpha value is -6.22. The van der Waals surface area contributed by atoms with Crippen molar-refractivity contribution in [1.82, 2.24) is 0 Å². The summed E-state index contributed by atoms with van der Waals surface area (Å²) in [5.74, 6) is 0. The van der Waals surface area contributed by atoms with Crippen molar-refractivity contribution in [1.29, 1.82) is 0 Å². The van der Waals surface area contributed by atoms with E-state index in [0.29, 0.717) is 0 Å². The zero-order valence-electron chi connectivity index (χ0n) is 32.1. The third kappa shape index (κ3) is 4.79. The average Bonchev–Trinajstić information content (AvgIpc) is 3.81. The van der Waals surface area contributed by atoms with E-state index in [0.717, 1.165) is 11.4 Å². The number of nitrogens with zero attached hydrogens (tertiary/aromatic N) is 1. The molecule has 0 amide bonds. The zero-order valence-corrected chi connectivity index (χ0v) is 32.9. The van der Waals surface area contributed by atoms with Gasteiger partial charge in [-0.1, -0.05) is 161 Å². The van der Waals surface area contributed by atoms with Crippen LogP contribution < -0.4 is 4.90 Å². The maximum Gasteiger partial charge on any atom is 0.0543 e. The van der Waals surface area contributed by atoms with Gasteiger partial charge < -0.3 is 4.90 Å². The van der Waals surface area contributed by atoms with E-state index in [2.05, 4.69) is 209 Å². The van der Waals surface area contributed by atoms with Gasteiger partial charge in [0.25, 0.3) is 0 Å². The normalized spacial score (nSPS) is 14.4. The molecule has 2 aliphatic rings. The Morgan fingerprint density at radius 3 is 1.68 bits per heavy atom. The molecule has 1 aromatic heterocycles. The van der Waals surface area contributed by atoms with Crippen molar-refractivity contribution in [3.63, 3.8) is 0 Å². The van der Waals surface area contributed by atoms with E-state index < -0.39 is 0 Å². The van der Waals surface area contributed by atoms with Crippen molar-refractivity contribution >= 4 is 48.6 Å². The minimum Gasteiger partial charge on any atom is -0.310 e. The summed E-state index contributed by atoms with van der Waals surface area (Å²) >= 11 is 1.89. The molecule has 8 aromatic carbocycles. The number of fused-ring (bicyclic) bond motifs is 9. The Labute approximate surface area is 333 Å². The number of thiophene rings is 1. The Kier molecular flexibility index (Phi) is 7.18. The predicted molar refractivity (Wildman–Crippen MR) is 240 cm³/mol. The van der Waals surface area contributed by atoms with Crippen LogP contribution in [0.1, 0.15) is 49.9 Å². The molecule has 0 saturated heterocycles. The van der Waals surface area contributed by atoms with Crippen molar-refractivity contribution in [3.8, 4) is 44.5 Å². The largest absolute Gasteiger partial charge is 0.310 e. The lowest BCUT2D eigenvalue weighted by atomic mass is 9.81. The molecule has 0 radical (unpaired) electrons. The lowest BCUT2D eigenvalue weighted by molar-refractivity contribution is 0.660. The SMILES string of the molecule is CC1(C)c2ccccc2-c2ccc(N(c3ccc(-c4cccc5c4sc4ccccc45)cc3)c3cc4c(cc3-c3ccccc3)-c3ccccc3C4(C)C)cc21. The number of hydrogen-bond donors (Lipinski definition) is 0.